The molecule has 2 heteroatoms. The molecule has 0 radical (unpaired) electrons. The van der Waals surface area contributed by atoms with Crippen molar-refractivity contribution in [2.75, 3.05) is 6.54 Å². The molecule has 2 N–H and O–H groups in total. The summed E-state index contributed by atoms with van der Waals surface area (Å²) in [5.74, 6) is 0.521. The van der Waals surface area contributed by atoms with Crippen LogP contribution in [0.2, 0.25) is 0 Å². The molecule has 0 spiro atoms. The molecule has 0 heterocycles. The van der Waals surface area contributed by atoms with Gasteiger partial charge in [-0.1, -0.05) is 79.9 Å². The molecule has 1 aromatic rings. The van der Waals surface area contributed by atoms with Gasteiger partial charge in [-0.15, -0.1) is 0 Å². The molecule has 0 aliphatic carbocycles. The van der Waals surface area contributed by atoms with Crippen LogP contribution < -0.4 is 5.73 Å². The third-order valence-electron chi connectivity index (χ3n) is 3.76. The van der Waals surface area contributed by atoms with Gasteiger partial charge in [0.1, 0.15) is 0 Å². The van der Waals surface area contributed by atoms with Gasteiger partial charge in [-0.25, -0.2) is 0 Å². The zero-order valence-corrected chi connectivity index (χ0v) is 13.8. The SMILES string of the molecule is CCCCCCCCCC(CN)c1cccc(Br)c1. The van der Waals surface area contributed by atoms with Crippen molar-refractivity contribution in [3.63, 3.8) is 0 Å². The minimum atomic E-state index is 0.521. The second kappa shape index (κ2) is 10.4. The van der Waals surface area contributed by atoms with Crippen molar-refractivity contribution in [2.24, 2.45) is 5.73 Å². The molecule has 1 nitrogen and oxygen atoms in total. The van der Waals surface area contributed by atoms with Crippen LogP contribution in [0.5, 0.6) is 0 Å². The van der Waals surface area contributed by atoms with Crippen LogP contribution in [0.1, 0.15) is 69.8 Å². The van der Waals surface area contributed by atoms with Crippen LogP contribution in [0.25, 0.3) is 0 Å². The molecule has 1 unspecified atom stereocenters. The smallest absolute Gasteiger partial charge is 0.0178 e. The fourth-order valence-corrected chi connectivity index (χ4v) is 2.95. The number of unbranched alkanes of at least 4 members (excludes halogenated alkanes) is 6. The Bertz CT molecular complexity index is 338. The zero-order valence-electron chi connectivity index (χ0n) is 12.2. The summed E-state index contributed by atoms with van der Waals surface area (Å²) in [6.07, 6.45) is 10.8. The van der Waals surface area contributed by atoms with Gasteiger partial charge in [-0.2, -0.15) is 0 Å². The molecule has 0 saturated heterocycles. The lowest BCUT2D eigenvalue weighted by molar-refractivity contribution is 0.537. The maximum atomic E-state index is 5.92. The molecular formula is C17H28BrN. The lowest BCUT2D eigenvalue weighted by Crippen LogP contribution is -2.12. The highest BCUT2D eigenvalue weighted by Gasteiger charge is 2.09. The van der Waals surface area contributed by atoms with Crippen molar-refractivity contribution in [2.45, 2.75) is 64.2 Å². The Morgan fingerprint density at radius 2 is 1.74 bits per heavy atom. The Kier molecular flexibility index (Phi) is 9.19. The highest BCUT2D eigenvalue weighted by Crippen LogP contribution is 2.24. The van der Waals surface area contributed by atoms with E-state index in [-0.39, 0.29) is 0 Å². The molecule has 0 bridgehead atoms. The molecule has 108 valence electrons. The van der Waals surface area contributed by atoms with E-state index in [2.05, 4.69) is 47.1 Å². The summed E-state index contributed by atoms with van der Waals surface area (Å²) in [6, 6.07) is 8.58. The normalized spacial score (nSPS) is 12.6. The van der Waals surface area contributed by atoms with Crippen LogP contribution in [-0.4, -0.2) is 6.54 Å². The Morgan fingerprint density at radius 3 is 2.37 bits per heavy atom. The van der Waals surface area contributed by atoms with E-state index in [4.69, 9.17) is 5.73 Å². The Balaban J connectivity index is 2.22. The molecule has 1 atom stereocenters. The van der Waals surface area contributed by atoms with Crippen LogP contribution in [0.3, 0.4) is 0 Å². The summed E-state index contributed by atoms with van der Waals surface area (Å²) in [7, 11) is 0. The molecular weight excluding hydrogens is 298 g/mol. The molecule has 19 heavy (non-hydrogen) atoms. The Hall–Kier alpha value is -0.340. The van der Waals surface area contributed by atoms with Crippen LogP contribution in [0.15, 0.2) is 28.7 Å². The summed E-state index contributed by atoms with van der Waals surface area (Å²) in [4.78, 5) is 0. The molecule has 0 fully saturated rings. The number of hydrogen-bond donors (Lipinski definition) is 1. The third-order valence-corrected chi connectivity index (χ3v) is 4.25. The quantitative estimate of drug-likeness (QED) is 0.554. The van der Waals surface area contributed by atoms with E-state index in [1.54, 1.807) is 0 Å². The first-order valence-electron chi connectivity index (χ1n) is 7.73. The van der Waals surface area contributed by atoms with Crippen molar-refractivity contribution in [1.82, 2.24) is 0 Å². The molecule has 0 aliphatic rings. The average molecular weight is 326 g/mol. The Morgan fingerprint density at radius 1 is 1.05 bits per heavy atom. The van der Waals surface area contributed by atoms with Crippen LogP contribution in [0, 0.1) is 0 Å². The van der Waals surface area contributed by atoms with Gasteiger partial charge in [0, 0.05) is 4.47 Å². The topological polar surface area (TPSA) is 26.0 Å². The predicted molar refractivity (Wildman–Crippen MR) is 88.5 cm³/mol. The summed E-state index contributed by atoms with van der Waals surface area (Å²) in [6.45, 7) is 3.02. The van der Waals surface area contributed by atoms with Crippen molar-refractivity contribution in [3.8, 4) is 0 Å². The Labute approximate surface area is 127 Å². The van der Waals surface area contributed by atoms with Crippen LogP contribution in [0.4, 0.5) is 0 Å². The first-order chi connectivity index (χ1) is 9.27. The van der Waals surface area contributed by atoms with Gasteiger partial charge >= 0.3 is 0 Å². The van der Waals surface area contributed by atoms with Crippen LogP contribution in [-0.2, 0) is 0 Å². The van der Waals surface area contributed by atoms with Crippen molar-refractivity contribution in [1.29, 1.82) is 0 Å². The standard InChI is InChI=1S/C17H28BrN/c1-2-3-4-5-6-7-8-10-16(14-19)15-11-9-12-17(18)13-15/h9,11-13,16H,2-8,10,14,19H2,1H3. The number of nitrogens with two attached hydrogens (primary N) is 1. The van der Waals surface area contributed by atoms with E-state index in [1.165, 1.54) is 56.9 Å². The minimum absolute atomic E-state index is 0.521. The van der Waals surface area contributed by atoms with Gasteiger partial charge in [0.2, 0.25) is 0 Å². The molecule has 0 saturated carbocycles. The average Bonchev–Trinajstić information content (AvgIpc) is 2.42. The van der Waals surface area contributed by atoms with E-state index in [0.29, 0.717) is 5.92 Å². The zero-order chi connectivity index (χ0) is 13.9. The first-order valence-corrected chi connectivity index (χ1v) is 8.52. The van der Waals surface area contributed by atoms with Gasteiger partial charge in [0.15, 0.2) is 0 Å². The van der Waals surface area contributed by atoms with Crippen molar-refractivity contribution in [3.05, 3.63) is 34.3 Å². The van der Waals surface area contributed by atoms with Gasteiger partial charge < -0.3 is 5.73 Å². The molecule has 0 aromatic heterocycles. The van der Waals surface area contributed by atoms with Crippen LogP contribution >= 0.6 is 15.9 Å². The largest absolute Gasteiger partial charge is 0.330 e. The lowest BCUT2D eigenvalue weighted by Gasteiger charge is -2.15. The second-order valence-electron chi connectivity index (χ2n) is 5.40. The summed E-state index contributed by atoms with van der Waals surface area (Å²) in [5.41, 5.74) is 7.30. The predicted octanol–water partition coefficient (Wildman–Crippen LogP) is 5.63. The fraction of sp³-hybridized carbons (Fsp3) is 0.647. The van der Waals surface area contributed by atoms with Crippen molar-refractivity contribution < 1.29 is 0 Å². The third kappa shape index (κ3) is 7.12. The van der Waals surface area contributed by atoms with Crippen molar-refractivity contribution >= 4 is 15.9 Å². The molecule has 1 aromatic carbocycles. The van der Waals surface area contributed by atoms with E-state index >= 15 is 0 Å². The highest BCUT2D eigenvalue weighted by atomic mass is 79.9. The highest BCUT2D eigenvalue weighted by molar-refractivity contribution is 9.10. The van der Waals surface area contributed by atoms with E-state index in [1.807, 2.05) is 0 Å². The molecule has 1 rings (SSSR count). The maximum Gasteiger partial charge on any atom is 0.0178 e. The van der Waals surface area contributed by atoms with E-state index in [0.717, 1.165) is 11.0 Å². The van der Waals surface area contributed by atoms with Gasteiger partial charge in [-0.3, -0.25) is 0 Å². The van der Waals surface area contributed by atoms with Gasteiger partial charge in [0.05, 0.1) is 0 Å². The number of hydrogen-bond acceptors (Lipinski definition) is 1. The second-order valence-corrected chi connectivity index (χ2v) is 6.31. The fourth-order valence-electron chi connectivity index (χ4n) is 2.53. The van der Waals surface area contributed by atoms with Gasteiger partial charge in [0.25, 0.3) is 0 Å². The van der Waals surface area contributed by atoms with E-state index < -0.39 is 0 Å². The summed E-state index contributed by atoms with van der Waals surface area (Å²) < 4.78 is 1.16. The first kappa shape index (κ1) is 16.7. The maximum absolute atomic E-state index is 5.92. The van der Waals surface area contributed by atoms with Gasteiger partial charge in [-0.05, 0) is 36.6 Å². The molecule has 0 aliphatic heterocycles. The summed E-state index contributed by atoms with van der Waals surface area (Å²) >= 11 is 3.54. The minimum Gasteiger partial charge on any atom is -0.330 e. The molecule has 0 amide bonds. The van der Waals surface area contributed by atoms with E-state index in [9.17, 15) is 0 Å². The number of benzene rings is 1. The summed E-state index contributed by atoms with van der Waals surface area (Å²) in [5, 5.41) is 0. The number of halogens is 1. The monoisotopic (exact) mass is 325 g/mol. The number of rotatable bonds is 10. The lowest BCUT2D eigenvalue weighted by atomic mass is 9.93.